The summed E-state index contributed by atoms with van der Waals surface area (Å²) in [6.07, 6.45) is 0.714. The molecule has 1 atom stereocenters. The molecule has 4 rings (SSSR count). The second kappa shape index (κ2) is 10.8. The summed E-state index contributed by atoms with van der Waals surface area (Å²) in [4.78, 5) is 30.2. The molecular weight excluding hydrogens is 448 g/mol. The average Bonchev–Trinajstić information content (AvgIpc) is 3.15. The van der Waals surface area contributed by atoms with Gasteiger partial charge in [-0.3, -0.25) is 9.59 Å². The third kappa shape index (κ3) is 4.98. The van der Waals surface area contributed by atoms with Crippen LogP contribution in [0.15, 0.2) is 48.0 Å². The third-order valence-corrected chi connectivity index (χ3v) is 6.55. The molecule has 2 aromatic carbocycles. The lowest BCUT2D eigenvalue weighted by atomic mass is 9.95. The van der Waals surface area contributed by atoms with E-state index in [1.54, 1.807) is 42.3 Å². The summed E-state index contributed by atoms with van der Waals surface area (Å²) in [5, 5.41) is 11.3. The van der Waals surface area contributed by atoms with E-state index in [1.165, 1.54) is 0 Å². The predicted octanol–water partition coefficient (Wildman–Crippen LogP) is 3.62. The van der Waals surface area contributed by atoms with Crippen molar-refractivity contribution in [3.63, 3.8) is 0 Å². The molecular formula is C27H32N2O6. The molecule has 186 valence electrons. The van der Waals surface area contributed by atoms with Gasteiger partial charge in [-0.25, -0.2) is 0 Å². The largest absolute Gasteiger partial charge is 0.507 e. The number of ketones is 1. The number of aliphatic hydroxyl groups excluding tert-OH is 1. The van der Waals surface area contributed by atoms with E-state index in [0.717, 1.165) is 25.2 Å². The Labute approximate surface area is 205 Å². The van der Waals surface area contributed by atoms with E-state index in [2.05, 4.69) is 18.7 Å². The van der Waals surface area contributed by atoms with Crippen LogP contribution in [0.1, 0.15) is 37.4 Å². The van der Waals surface area contributed by atoms with Crippen LogP contribution < -0.4 is 14.2 Å². The second-order valence-corrected chi connectivity index (χ2v) is 8.50. The number of carbonyl (C=O) groups excluding carboxylic acids is 2. The van der Waals surface area contributed by atoms with Crippen LogP contribution in [0.3, 0.4) is 0 Å². The Balaban J connectivity index is 1.73. The van der Waals surface area contributed by atoms with Crippen LogP contribution in [-0.2, 0) is 9.59 Å². The maximum Gasteiger partial charge on any atom is 0.295 e. The summed E-state index contributed by atoms with van der Waals surface area (Å²) in [6, 6.07) is 11.5. The number of likely N-dealkylation sites (tertiary alicyclic amines) is 1. The van der Waals surface area contributed by atoms with Gasteiger partial charge >= 0.3 is 0 Å². The molecule has 35 heavy (non-hydrogen) atoms. The van der Waals surface area contributed by atoms with Crippen LogP contribution >= 0.6 is 0 Å². The van der Waals surface area contributed by atoms with Gasteiger partial charge in [0.25, 0.3) is 11.7 Å². The summed E-state index contributed by atoms with van der Waals surface area (Å²) in [7, 11) is 1.58. The summed E-state index contributed by atoms with van der Waals surface area (Å²) in [5.41, 5.74) is 1.19. The van der Waals surface area contributed by atoms with Crippen molar-refractivity contribution >= 4 is 17.4 Å². The highest BCUT2D eigenvalue weighted by Crippen LogP contribution is 2.41. The highest BCUT2D eigenvalue weighted by molar-refractivity contribution is 6.46. The van der Waals surface area contributed by atoms with Crippen molar-refractivity contribution in [3.05, 3.63) is 59.2 Å². The van der Waals surface area contributed by atoms with E-state index in [0.29, 0.717) is 49.0 Å². The van der Waals surface area contributed by atoms with Gasteiger partial charge < -0.3 is 29.1 Å². The van der Waals surface area contributed by atoms with Gasteiger partial charge in [-0.2, -0.15) is 0 Å². The SMILES string of the molecule is CCN(CC)CCCN1C(=O)C(=O)/C(=C(/O)c2ccc3c(c2)OCCO3)[C@H]1c1ccc(OC)cc1. The maximum atomic E-state index is 13.2. The van der Waals surface area contributed by atoms with Gasteiger partial charge in [-0.15, -0.1) is 0 Å². The Kier molecular flexibility index (Phi) is 7.60. The van der Waals surface area contributed by atoms with E-state index in [4.69, 9.17) is 14.2 Å². The maximum absolute atomic E-state index is 13.2. The van der Waals surface area contributed by atoms with Gasteiger partial charge in [-0.1, -0.05) is 26.0 Å². The Morgan fingerprint density at radius 1 is 1.06 bits per heavy atom. The first-order valence-corrected chi connectivity index (χ1v) is 12.0. The van der Waals surface area contributed by atoms with Gasteiger partial charge in [0.05, 0.1) is 18.7 Å². The number of nitrogens with zero attached hydrogens (tertiary/aromatic N) is 2. The fraction of sp³-hybridized carbons (Fsp3) is 0.407. The van der Waals surface area contributed by atoms with Crippen LogP contribution in [0.5, 0.6) is 17.2 Å². The minimum atomic E-state index is -0.703. The first-order valence-electron chi connectivity index (χ1n) is 12.0. The first-order chi connectivity index (χ1) is 17.0. The fourth-order valence-electron chi connectivity index (χ4n) is 4.59. The number of carbonyl (C=O) groups is 2. The molecule has 2 heterocycles. The molecule has 1 N–H and O–H groups in total. The number of Topliss-reactive ketones (excluding diaryl/α,β-unsaturated/α-hetero) is 1. The number of methoxy groups -OCH3 is 1. The van der Waals surface area contributed by atoms with Gasteiger partial charge in [0.15, 0.2) is 11.5 Å². The molecule has 0 radical (unpaired) electrons. The fourth-order valence-corrected chi connectivity index (χ4v) is 4.59. The predicted molar refractivity (Wildman–Crippen MR) is 132 cm³/mol. The molecule has 1 fully saturated rings. The Hall–Kier alpha value is -3.52. The highest BCUT2D eigenvalue weighted by Gasteiger charge is 2.45. The van der Waals surface area contributed by atoms with E-state index in [-0.39, 0.29) is 11.3 Å². The van der Waals surface area contributed by atoms with Crippen molar-refractivity contribution < 1.29 is 28.9 Å². The van der Waals surface area contributed by atoms with Crippen molar-refractivity contribution in [3.8, 4) is 17.2 Å². The topological polar surface area (TPSA) is 88.5 Å². The minimum absolute atomic E-state index is 0.0692. The van der Waals surface area contributed by atoms with Crippen molar-refractivity contribution in [2.75, 3.05) is 46.5 Å². The molecule has 0 bridgehead atoms. The van der Waals surface area contributed by atoms with Gasteiger partial charge in [-0.05, 0) is 62.0 Å². The number of benzene rings is 2. The van der Waals surface area contributed by atoms with E-state index in [1.807, 2.05) is 12.1 Å². The summed E-state index contributed by atoms with van der Waals surface area (Å²) in [5.74, 6) is 0.211. The Morgan fingerprint density at radius 2 is 1.74 bits per heavy atom. The van der Waals surface area contributed by atoms with Gasteiger partial charge in [0.2, 0.25) is 0 Å². The van der Waals surface area contributed by atoms with Crippen LogP contribution in [0, 0.1) is 0 Å². The summed E-state index contributed by atoms with van der Waals surface area (Å²) >= 11 is 0. The lowest BCUT2D eigenvalue weighted by Crippen LogP contribution is -2.33. The standard InChI is InChI=1S/C27H32N2O6/c1-4-28(5-2)13-6-14-29-24(18-7-10-20(33-3)11-8-18)23(26(31)27(29)32)25(30)19-9-12-21-22(17-19)35-16-15-34-21/h7-12,17,24,30H,4-6,13-16H2,1-3H3/b25-23+/t24-/m1/s1. The molecule has 0 unspecified atom stereocenters. The monoisotopic (exact) mass is 480 g/mol. The van der Waals surface area contributed by atoms with Crippen LogP contribution in [0.25, 0.3) is 5.76 Å². The second-order valence-electron chi connectivity index (χ2n) is 8.50. The smallest absolute Gasteiger partial charge is 0.295 e. The zero-order valence-corrected chi connectivity index (χ0v) is 20.5. The molecule has 0 saturated carbocycles. The van der Waals surface area contributed by atoms with Crippen molar-refractivity contribution in [1.82, 2.24) is 9.80 Å². The number of hydrogen-bond acceptors (Lipinski definition) is 7. The molecule has 1 saturated heterocycles. The summed E-state index contributed by atoms with van der Waals surface area (Å²) < 4.78 is 16.5. The van der Waals surface area contributed by atoms with Crippen LogP contribution in [0.2, 0.25) is 0 Å². The zero-order valence-electron chi connectivity index (χ0n) is 20.5. The normalized spacial score (nSPS) is 18.9. The quantitative estimate of drug-likeness (QED) is 0.333. The molecule has 8 heteroatoms. The average molecular weight is 481 g/mol. The molecule has 0 aromatic heterocycles. The van der Waals surface area contributed by atoms with Crippen LogP contribution in [0.4, 0.5) is 0 Å². The highest BCUT2D eigenvalue weighted by atomic mass is 16.6. The number of fused-ring (bicyclic) bond motifs is 1. The number of rotatable bonds is 9. The van der Waals surface area contributed by atoms with E-state index in [9.17, 15) is 14.7 Å². The Morgan fingerprint density at radius 3 is 2.40 bits per heavy atom. The van der Waals surface area contributed by atoms with Crippen LogP contribution in [-0.4, -0.2) is 73.1 Å². The zero-order chi connectivity index (χ0) is 24.9. The van der Waals surface area contributed by atoms with Crippen molar-refractivity contribution in [2.24, 2.45) is 0 Å². The minimum Gasteiger partial charge on any atom is -0.507 e. The molecule has 0 aliphatic carbocycles. The van der Waals surface area contributed by atoms with Gasteiger partial charge in [0, 0.05) is 12.1 Å². The third-order valence-electron chi connectivity index (χ3n) is 6.55. The molecule has 2 aliphatic heterocycles. The molecule has 8 nitrogen and oxygen atoms in total. The molecule has 2 aromatic rings. The lowest BCUT2D eigenvalue weighted by Gasteiger charge is -2.27. The lowest BCUT2D eigenvalue weighted by molar-refractivity contribution is -0.140. The van der Waals surface area contributed by atoms with Crippen molar-refractivity contribution in [1.29, 1.82) is 0 Å². The summed E-state index contributed by atoms with van der Waals surface area (Å²) in [6.45, 7) is 8.10. The molecule has 0 spiro atoms. The van der Waals surface area contributed by atoms with Gasteiger partial charge in [0.1, 0.15) is 24.7 Å². The number of aliphatic hydroxyl groups is 1. The number of amides is 1. The molecule has 1 amide bonds. The first kappa shape index (κ1) is 24.6. The number of ether oxygens (including phenoxy) is 3. The number of hydrogen-bond donors (Lipinski definition) is 1. The Bertz CT molecular complexity index is 1110. The van der Waals surface area contributed by atoms with E-state index < -0.39 is 17.7 Å². The molecule has 2 aliphatic rings. The van der Waals surface area contributed by atoms with Crippen molar-refractivity contribution in [2.45, 2.75) is 26.3 Å². The van der Waals surface area contributed by atoms with E-state index >= 15 is 0 Å².